The molecule has 124 valence electrons. The highest BCUT2D eigenvalue weighted by Crippen LogP contribution is 2.18. The summed E-state index contributed by atoms with van der Waals surface area (Å²) >= 11 is 0. The van der Waals surface area contributed by atoms with Crippen LogP contribution in [0.1, 0.15) is 24.8 Å². The van der Waals surface area contributed by atoms with Crippen molar-refractivity contribution in [1.29, 1.82) is 0 Å². The topological polar surface area (TPSA) is 76.2 Å². The highest BCUT2D eigenvalue weighted by Gasteiger charge is 2.19. The second kappa shape index (κ2) is 7.92. The normalized spacial score (nSPS) is 16.5. The van der Waals surface area contributed by atoms with E-state index in [0.29, 0.717) is 18.9 Å². The number of nitrogens with one attached hydrogen (secondary N) is 1. The zero-order chi connectivity index (χ0) is 15.9. The number of nitrogens with zero attached hydrogens (tertiary/aromatic N) is 4. The van der Waals surface area contributed by atoms with Gasteiger partial charge in [0.05, 0.1) is 12.5 Å². The van der Waals surface area contributed by atoms with E-state index in [1.54, 1.807) is 18.9 Å². The van der Waals surface area contributed by atoms with Crippen molar-refractivity contribution in [2.24, 2.45) is 5.92 Å². The molecule has 2 aromatic heterocycles. The summed E-state index contributed by atoms with van der Waals surface area (Å²) in [6.07, 6.45) is 9.51. The number of carbonyl (C=O) groups is 1. The average molecular weight is 317 g/mol. The van der Waals surface area contributed by atoms with Gasteiger partial charge >= 0.3 is 0 Å². The molecule has 0 aromatic carbocycles. The Balaban J connectivity index is 1.30. The molecule has 0 unspecified atom stereocenters. The van der Waals surface area contributed by atoms with Gasteiger partial charge in [0.2, 0.25) is 5.91 Å². The molecule has 23 heavy (non-hydrogen) atoms. The van der Waals surface area contributed by atoms with E-state index in [1.807, 2.05) is 16.9 Å². The Kier molecular flexibility index (Phi) is 5.42. The number of hydrogen-bond donors (Lipinski definition) is 1. The molecule has 0 bridgehead atoms. The van der Waals surface area contributed by atoms with E-state index in [0.717, 1.165) is 39.0 Å². The van der Waals surface area contributed by atoms with Crippen LogP contribution in [-0.4, -0.2) is 45.2 Å². The van der Waals surface area contributed by atoms with Crippen molar-refractivity contribution in [3.05, 3.63) is 36.8 Å². The van der Waals surface area contributed by atoms with Gasteiger partial charge < -0.3 is 14.3 Å². The lowest BCUT2D eigenvalue weighted by molar-refractivity contribution is -0.121. The van der Waals surface area contributed by atoms with Crippen LogP contribution in [0.3, 0.4) is 0 Å². The van der Waals surface area contributed by atoms with Gasteiger partial charge in [-0.2, -0.15) is 0 Å². The first-order chi connectivity index (χ1) is 11.3. The molecule has 1 amide bonds. The largest absolute Gasteiger partial charge is 0.472 e. The average Bonchev–Trinajstić information content (AvgIpc) is 3.26. The van der Waals surface area contributed by atoms with Crippen molar-refractivity contribution in [2.45, 2.75) is 32.4 Å². The second-order valence-corrected chi connectivity index (χ2v) is 6.10. The fourth-order valence-electron chi connectivity index (χ4n) is 2.90. The number of furan rings is 1. The van der Waals surface area contributed by atoms with Crippen LogP contribution in [0.2, 0.25) is 0 Å². The number of aromatic nitrogens is 3. The van der Waals surface area contributed by atoms with E-state index in [1.165, 1.54) is 5.56 Å². The molecular formula is C16H23N5O2. The summed E-state index contributed by atoms with van der Waals surface area (Å²) in [6, 6.07) is 2.02. The van der Waals surface area contributed by atoms with E-state index in [4.69, 9.17) is 4.42 Å². The Morgan fingerprint density at radius 2 is 2.09 bits per heavy atom. The van der Waals surface area contributed by atoms with Crippen molar-refractivity contribution in [3.63, 3.8) is 0 Å². The predicted octanol–water partition coefficient (Wildman–Crippen LogP) is 1.29. The number of carbonyl (C=O) groups excluding carboxylic acids is 1. The van der Waals surface area contributed by atoms with E-state index in [9.17, 15) is 4.79 Å². The van der Waals surface area contributed by atoms with Gasteiger partial charge in [-0.25, -0.2) is 0 Å². The van der Waals surface area contributed by atoms with Crippen molar-refractivity contribution in [1.82, 2.24) is 25.0 Å². The van der Waals surface area contributed by atoms with Crippen LogP contribution in [0.5, 0.6) is 0 Å². The van der Waals surface area contributed by atoms with Crippen LogP contribution in [-0.2, 0) is 17.9 Å². The van der Waals surface area contributed by atoms with Crippen LogP contribution >= 0.6 is 0 Å². The number of amides is 1. The maximum absolute atomic E-state index is 11.9. The minimum atomic E-state index is 0.0968. The summed E-state index contributed by atoms with van der Waals surface area (Å²) in [7, 11) is 0. The molecular weight excluding hydrogens is 294 g/mol. The quantitative estimate of drug-likeness (QED) is 0.833. The van der Waals surface area contributed by atoms with Gasteiger partial charge in [0.25, 0.3) is 0 Å². The fraction of sp³-hybridized carbons (Fsp3) is 0.562. The molecule has 2 aromatic rings. The summed E-state index contributed by atoms with van der Waals surface area (Å²) in [4.78, 5) is 14.3. The molecule has 7 nitrogen and oxygen atoms in total. The third-order valence-electron chi connectivity index (χ3n) is 4.34. The van der Waals surface area contributed by atoms with Gasteiger partial charge in [0.15, 0.2) is 0 Å². The molecule has 1 aliphatic heterocycles. The predicted molar refractivity (Wildman–Crippen MR) is 84.4 cm³/mol. The van der Waals surface area contributed by atoms with E-state index in [-0.39, 0.29) is 5.91 Å². The molecule has 1 aliphatic rings. The van der Waals surface area contributed by atoms with Crippen LogP contribution in [0.25, 0.3) is 0 Å². The molecule has 3 heterocycles. The Morgan fingerprint density at radius 1 is 1.30 bits per heavy atom. The fourth-order valence-corrected chi connectivity index (χ4v) is 2.90. The van der Waals surface area contributed by atoms with Crippen LogP contribution in [0.15, 0.2) is 35.7 Å². The van der Waals surface area contributed by atoms with Crippen LogP contribution in [0.4, 0.5) is 0 Å². The van der Waals surface area contributed by atoms with Gasteiger partial charge in [-0.1, -0.05) is 0 Å². The smallest absolute Gasteiger partial charge is 0.221 e. The van der Waals surface area contributed by atoms with Crippen LogP contribution in [0, 0.1) is 5.92 Å². The lowest BCUT2D eigenvalue weighted by Crippen LogP contribution is -2.38. The second-order valence-electron chi connectivity index (χ2n) is 6.10. The van der Waals surface area contributed by atoms with E-state index < -0.39 is 0 Å². The molecule has 7 heteroatoms. The van der Waals surface area contributed by atoms with Crippen molar-refractivity contribution in [2.75, 3.05) is 19.6 Å². The molecule has 1 N–H and O–H groups in total. The van der Waals surface area contributed by atoms with E-state index in [2.05, 4.69) is 20.4 Å². The third-order valence-corrected chi connectivity index (χ3v) is 4.34. The Bertz CT molecular complexity index is 574. The first kappa shape index (κ1) is 15.7. The molecule has 0 atom stereocenters. The minimum Gasteiger partial charge on any atom is -0.472 e. The summed E-state index contributed by atoms with van der Waals surface area (Å²) in [5, 5.41) is 10.5. The first-order valence-corrected chi connectivity index (χ1v) is 8.12. The molecule has 0 spiro atoms. The highest BCUT2D eigenvalue weighted by atomic mass is 16.3. The third kappa shape index (κ3) is 4.92. The van der Waals surface area contributed by atoms with Gasteiger partial charge in [-0.15, -0.1) is 10.2 Å². The number of piperidine rings is 1. The molecule has 1 saturated heterocycles. The van der Waals surface area contributed by atoms with Gasteiger partial charge in [-0.3, -0.25) is 9.69 Å². The highest BCUT2D eigenvalue weighted by molar-refractivity contribution is 5.75. The SMILES string of the molecule is O=C(CCn1cnnc1)NCC1CCN(Cc2ccoc2)CC1. The summed E-state index contributed by atoms with van der Waals surface area (Å²) in [5.74, 6) is 0.675. The maximum Gasteiger partial charge on any atom is 0.221 e. The number of aryl methyl sites for hydroxylation is 1. The standard InChI is InChI=1S/C16H23N5O2/c22-16(3-7-21-12-18-19-13-21)17-9-14-1-5-20(6-2-14)10-15-4-8-23-11-15/h4,8,11-14H,1-3,5-7,9-10H2,(H,17,22). The maximum atomic E-state index is 11.9. The molecule has 3 rings (SSSR count). The monoisotopic (exact) mass is 317 g/mol. The van der Waals surface area contributed by atoms with E-state index >= 15 is 0 Å². The minimum absolute atomic E-state index is 0.0968. The van der Waals surface area contributed by atoms with Gasteiger partial charge in [0, 0.05) is 31.6 Å². The van der Waals surface area contributed by atoms with Crippen molar-refractivity contribution < 1.29 is 9.21 Å². The Labute approximate surface area is 135 Å². The molecule has 0 saturated carbocycles. The van der Waals surface area contributed by atoms with Gasteiger partial charge in [-0.05, 0) is 37.9 Å². The summed E-state index contributed by atoms with van der Waals surface area (Å²) in [5.41, 5.74) is 1.23. The lowest BCUT2D eigenvalue weighted by Gasteiger charge is -2.31. The summed E-state index contributed by atoms with van der Waals surface area (Å²) < 4.78 is 6.92. The zero-order valence-electron chi connectivity index (χ0n) is 13.2. The Hall–Kier alpha value is -2.15. The number of hydrogen-bond acceptors (Lipinski definition) is 5. The number of rotatable bonds is 7. The van der Waals surface area contributed by atoms with Crippen LogP contribution < -0.4 is 5.32 Å². The zero-order valence-corrected chi connectivity index (χ0v) is 13.2. The lowest BCUT2D eigenvalue weighted by atomic mass is 9.96. The summed E-state index contributed by atoms with van der Waals surface area (Å²) in [6.45, 7) is 4.51. The molecule has 1 fully saturated rings. The van der Waals surface area contributed by atoms with Gasteiger partial charge in [0.1, 0.15) is 12.7 Å². The van der Waals surface area contributed by atoms with Crippen molar-refractivity contribution >= 4 is 5.91 Å². The Morgan fingerprint density at radius 3 is 2.78 bits per heavy atom. The number of likely N-dealkylation sites (tertiary alicyclic amines) is 1. The molecule has 0 aliphatic carbocycles. The molecule has 0 radical (unpaired) electrons. The first-order valence-electron chi connectivity index (χ1n) is 8.12. The van der Waals surface area contributed by atoms with Crippen molar-refractivity contribution in [3.8, 4) is 0 Å².